The van der Waals surface area contributed by atoms with Gasteiger partial charge in [-0.25, -0.2) is 0 Å². The van der Waals surface area contributed by atoms with Gasteiger partial charge in [0.05, 0.1) is 16.5 Å². The highest BCUT2D eigenvalue weighted by atomic mass is 79.9. The van der Waals surface area contributed by atoms with Crippen molar-refractivity contribution in [2.75, 3.05) is 26.9 Å². The summed E-state index contributed by atoms with van der Waals surface area (Å²) in [5, 5.41) is 0.0709. The summed E-state index contributed by atoms with van der Waals surface area (Å²) in [5.74, 6) is 0.588. The molecule has 2 aromatic rings. The Kier molecular flexibility index (Phi) is 9.04. The number of rotatable bonds is 10. The van der Waals surface area contributed by atoms with Crippen LogP contribution in [0.15, 0.2) is 45.8 Å². The zero-order chi connectivity index (χ0) is 23.1. The predicted octanol–water partition coefficient (Wildman–Crippen LogP) is 6.15. The number of carbonyl (C=O) groups is 2. The van der Waals surface area contributed by atoms with Crippen LogP contribution in [0.4, 0.5) is 4.79 Å². The van der Waals surface area contributed by atoms with E-state index in [2.05, 4.69) is 15.9 Å². The number of benzene rings is 2. The highest BCUT2D eigenvalue weighted by Crippen LogP contribution is 2.39. The minimum Gasteiger partial charge on any atom is -0.490 e. The minimum absolute atomic E-state index is 0.289. The Morgan fingerprint density at radius 2 is 1.91 bits per heavy atom. The van der Waals surface area contributed by atoms with Crippen LogP contribution in [-0.4, -0.2) is 42.9 Å². The first-order valence-corrected chi connectivity index (χ1v) is 12.0. The maximum atomic E-state index is 12.6. The molecule has 0 N–H and O–H groups in total. The summed E-state index contributed by atoms with van der Waals surface area (Å²) in [6, 6.07) is 11.2. The number of carbonyl (C=O) groups excluding carboxylic acids is 2. The number of methoxy groups -OCH3 is 1. The van der Waals surface area contributed by atoms with E-state index in [0.717, 1.165) is 21.8 Å². The number of halogens is 2. The normalized spacial score (nSPS) is 15.0. The van der Waals surface area contributed by atoms with E-state index in [1.807, 2.05) is 31.2 Å². The van der Waals surface area contributed by atoms with Crippen molar-refractivity contribution in [1.82, 2.24) is 4.90 Å². The zero-order valence-corrected chi connectivity index (χ0v) is 20.9. The van der Waals surface area contributed by atoms with E-state index in [1.165, 1.54) is 4.90 Å². The van der Waals surface area contributed by atoms with Crippen LogP contribution in [-0.2, 0) is 16.1 Å². The lowest BCUT2D eigenvalue weighted by Gasteiger charge is -2.15. The van der Waals surface area contributed by atoms with E-state index < -0.39 is 0 Å². The lowest BCUT2D eigenvalue weighted by atomic mass is 10.1. The third-order valence-electron chi connectivity index (χ3n) is 4.53. The van der Waals surface area contributed by atoms with E-state index in [-0.39, 0.29) is 11.1 Å². The fraction of sp³-hybridized carbons (Fsp3) is 0.304. The van der Waals surface area contributed by atoms with Gasteiger partial charge in [-0.15, -0.1) is 0 Å². The van der Waals surface area contributed by atoms with Crippen molar-refractivity contribution in [3.63, 3.8) is 0 Å². The van der Waals surface area contributed by atoms with Crippen molar-refractivity contribution < 1.29 is 23.8 Å². The van der Waals surface area contributed by atoms with Crippen molar-refractivity contribution in [3.8, 4) is 11.5 Å². The van der Waals surface area contributed by atoms with Crippen molar-refractivity contribution in [3.05, 3.63) is 61.9 Å². The number of nitrogens with zero attached hydrogens (tertiary/aromatic N) is 1. The molecule has 0 aliphatic carbocycles. The second-order valence-corrected chi connectivity index (χ2v) is 9.17. The monoisotopic (exact) mass is 539 g/mol. The molecule has 1 fully saturated rings. The number of amides is 2. The van der Waals surface area contributed by atoms with Crippen molar-refractivity contribution in [2.24, 2.45) is 0 Å². The Morgan fingerprint density at radius 3 is 2.59 bits per heavy atom. The molecular weight excluding hydrogens is 518 g/mol. The maximum absolute atomic E-state index is 12.6. The van der Waals surface area contributed by atoms with E-state index in [9.17, 15) is 9.59 Å². The van der Waals surface area contributed by atoms with Crippen LogP contribution in [0.3, 0.4) is 0 Å². The Labute approximate surface area is 205 Å². The van der Waals surface area contributed by atoms with Crippen molar-refractivity contribution in [2.45, 2.75) is 20.0 Å². The molecule has 0 atom stereocenters. The fourth-order valence-electron chi connectivity index (χ4n) is 3.02. The number of hydrogen-bond donors (Lipinski definition) is 0. The molecule has 0 saturated carbocycles. The first-order valence-electron chi connectivity index (χ1n) is 10.0. The van der Waals surface area contributed by atoms with Crippen molar-refractivity contribution >= 4 is 56.5 Å². The molecule has 2 aromatic carbocycles. The predicted molar refractivity (Wildman–Crippen MR) is 130 cm³/mol. The van der Waals surface area contributed by atoms with Gasteiger partial charge in [-0.1, -0.05) is 39.7 Å². The van der Waals surface area contributed by atoms with Crippen LogP contribution >= 0.6 is 39.3 Å². The molecule has 0 aromatic heterocycles. The quantitative estimate of drug-likeness (QED) is 0.266. The molecule has 2 amide bonds. The van der Waals surface area contributed by atoms with Crippen LogP contribution in [0.5, 0.6) is 11.5 Å². The molecule has 0 radical (unpaired) electrons. The van der Waals surface area contributed by atoms with Crippen LogP contribution in [0, 0.1) is 0 Å². The van der Waals surface area contributed by atoms with E-state index in [0.29, 0.717) is 59.8 Å². The molecule has 9 heteroatoms. The van der Waals surface area contributed by atoms with Crippen molar-refractivity contribution in [1.29, 1.82) is 0 Å². The molecule has 32 heavy (non-hydrogen) atoms. The third kappa shape index (κ3) is 6.28. The number of ether oxygens (including phenoxy) is 3. The minimum atomic E-state index is -0.319. The summed E-state index contributed by atoms with van der Waals surface area (Å²) >= 11 is 10.8. The zero-order valence-electron chi connectivity index (χ0n) is 17.7. The lowest BCUT2D eigenvalue weighted by molar-refractivity contribution is -0.122. The summed E-state index contributed by atoms with van der Waals surface area (Å²) in [7, 11) is 1.58. The second-order valence-electron chi connectivity index (χ2n) is 6.86. The summed E-state index contributed by atoms with van der Waals surface area (Å²) in [4.78, 5) is 26.4. The summed E-state index contributed by atoms with van der Waals surface area (Å²) < 4.78 is 17.7. The van der Waals surface area contributed by atoms with Crippen LogP contribution in [0.25, 0.3) is 6.08 Å². The average Bonchev–Trinajstić information content (AvgIpc) is 3.02. The van der Waals surface area contributed by atoms with Gasteiger partial charge in [-0.3, -0.25) is 14.5 Å². The van der Waals surface area contributed by atoms with Gasteiger partial charge in [0.15, 0.2) is 11.5 Å². The number of imide groups is 1. The standard InChI is InChI=1S/C23H23BrClNO5S/c1-3-30-19-12-16(13-20-22(27)26(23(28)32-20)9-4-10-29-2)11-18(25)21(19)31-14-15-5-7-17(24)8-6-15/h5-8,11-13H,3-4,9-10,14H2,1-2H3/b20-13+. The molecule has 6 nitrogen and oxygen atoms in total. The van der Waals surface area contributed by atoms with Gasteiger partial charge in [-0.2, -0.15) is 0 Å². The molecule has 0 spiro atoms. The topological polar surface area (TPSA) is 65.1 Å². The third-order valence-corrected chi connectivity index (χ3v) is 6.25. The number of thioether (sulfide) groups is 1. The second kappa shape index (κ2) is 11.7. The maximum Gasteiger partial charge on any atom is 0.293 e. The average molecular weight is 541 g/mol. The van der Waals surface area contributed by atoms with E-state index >= 15 is 0 Å². The van der Waals surface area contributed by atoms with E-state index in [4.69, 9.17) is 25.8 Å². The summed E-state index contributed by atoms with van der Waals surface area (Å²) in [6.45, 7) is 3.42. The molecule has 1 aliphatic rings. The summed E-state index contributed by atoms with van der Waals surface area (Å²) in [6.07, 6.45) is 2.24. The Bertz CT molecular complexity index is 1010. The molecule has 170 valence electrons. The smallest absolute Gasteiger partial charge is 0.293 e. The lowest BCUT2D eigenvalue weighted by Crippen LogP contribution is -2.29. The Balaban J connectivity index is 1.80. The Morgan fingerprint density at radius 1 is 1.16 bits per heavy atom. The molecule has 1 saturated heterocycles. The highest BCUT2D eigenvalue weighted by molar-refractivity contribution is 9.10. The van der Waals surface area contributed by atoms with Crippen LogP contribution in [0.2, 0.25) is 5.02 Å². The molecule has 1 aliphatic heterocycles. The van der Waals surface area contributed by atoms with Crippen LogP contribution in [0.1, 0.15) is 24.5 Å². The van der Waals surface area contributed by atoms with Gasteiger partial charge in [0.1, 0.15) is 6.61 Å². The largest absolute Gasteiger partial charge is 0.490 e. The van der Waals surface area contributed by atoms with Gasteiger partial charge < -0.3 is 14.2 Å². The molecule has 1 heterocycles. The van der Waals surface area contributed by atoms with Gasteiger partial charge in [0.2, 0.25) is 0 Å². The molecule has 0 unspecified atom stereocenters. The molecule has 3 rings (SSSR count). The highest BCUT2D eigenvalue weighted by Gasteiger charge is 2.34. The van der Waals surface area contributed by atoms with Gasteiger partial charge in [0.25, 0.3) is 11.1 Å². The van der Waals surface area contributed by atoms with Gasteiger partial charge in [0, 0.05) is 24.7 Å². The van der Waals surface area contributed by atoms with E-state index in [1.54, 1.807) is 25.3 Å². The molecule has 0 bridgehead atoms. The van der Waals surface area contributed by atoms with Gasteiger partial charge >= 0.3 is 0 Å². The Hall–Kier alpha value is -2.00. The summed E-state index contributed by atoms with van der Waals surface area (Å²) in [5.41, 5.74) is 1.63. The SMILES string of the molecule is CCOc1cc(/C=C2/SC(=O)N(CCCOC)C2=O)cc(Cl)c1OCc1ccc(Br)cc1. The van der Waals surface area contributed by atoms with Crippen LogP contribution < -0.4 is 9.47 Å². The number of hydrogen-bond acceptors (Lipinski definition) is 6. The first kappa shape index (κ1) is 24.6. The molecular formula is C23H23BrClNO5S. The van der Waals surface area contributed by atoms with Gasteiger partial charge in [-0.05, 0) is 66.6 Å². The fourth-order valence-corrected chi connectivity index (χ4v) is 4.42. The first-order chi connectivity index (χ1) is 15.4.